The first-order chi connectivity index (χ1) is 13.2. The standard InChI is InChI=1S/C23H25NO3S/c1-14-7-8-18(12-21(25)26)20(9-14)27-23(3)15(2)10-19(22(23)28)17-6-4-5-16(11-17)13-24/h4-11,28H,12-13,24H2,1-3H3,(H,25,26). The van der Waals surface area contributed by atoms with Crippen LogP contribution in [0, 0.1) is 6.92 Å². The predicted molar refractivity (Wildman–Crippen MR) is 116 cm³/mol. The molecule has 2 aromatic carbocycles. The number of carboxylic acids is 1. The number of rotatable bonds is 6. The molecule has 146 valence electrons. The summed E-state index contributed by atoms with van der Waals surface area (Å²) < 4.78 is 6.42. The van der Waals surface area contributed by atoms with Gasteiger partial charge in [0.05, 0.1) is 6.42 Å². The van der Waals surface area contributed by atoms with E-state index in [9.17, 15) is 9.90 Å². The van der Waals surface area contributed by atoms with Crippen molar-refractivity contribution in [2.75, 3.05) is 0 Å². The average molecular weight is 396 g/mol. The number of allylic oxidation sites excluding steroid dienone is 2. The third-order valence-corrected chi connectivity index (χ3v) is 5.84. The summed E-state index contributed by atoms with van der Waals surface area (Å²) in [6.45, 7) is 6.40. The fourth-order valence-electron chi connectivity index (χ4n) is 3.37. The fourth-order valence-corrected chi connectivity index (χ4v) is 3.78. The van der Waals surface area contributed by atoms with E-state index in [1.54, 1.807) is 0 Å². The maximum atomic E-state index is 11.2. The van der Waals surface area contributed by atoms with E-state index in [1.165, 1.54) is 0 Å². The smallest absolute Gasteiger partial charge is 0.307 e. The molecule has 0 radical (unpaired) electrons. The van der Waals surface area contributed by atoms with Crippen LogP contribution in [0.1, 0.15) is 36.1 Å². The van der Waals surface area contributed by atoms with Crippen molar-refractivity contribution in [3.05, 3.63) is 81.3 Å². The first-order valence-corrected chi connectivity index (χ1v) is 9.61. The number of thiol groups is 1. The Balaban J connectivity index is 2.03. The number of benzene rings is 2. The molecule has 3 rings (SSSR count). The molecule has 28 heavy (non-hydrogen) atoms. The number of hydrogen-bond donors (Lipinski definition) is 3. The molecule has 0 heterocycles. The SMILES string of the molecule is CC1=CC(c2cccc(CN)c2)=C(S)C1(C)Oc1cc(C)ccc1CC(=O)O. The van der Waals surface area contributed by atoms with Gasteiger partial charge in [-0.1, -0.05) is 36.4 Å². The fraction of sp³-hybridized carbons (Fsp3) is 0.261. The molecule has 1 unspecified atom stereocenters. The first kappa shape index (κ1) is 20.2. The zero-order valence-corrected chi connectivity index (χ0v) is 17.2. The van der Waals surface area contributed by atoms with Gasteiger partial charge in [-0.25, -0.2) is 0 Å². The summed E-state index contributed by atoms with van der Waals surface area (Å²) in [5.41, 5.74) is 10.8. The van der Waals surface area contributed by atoms with Crippen molar-refractivity contribution >= 4 is 24.2 Å². The van der Waals surface area contributed by atoms with Crippen LogP contribution in [0.25, 0.3) is 5.57 Å². The topological polar surface area (TPSA) is 72.5 Å². The number of nitrogens with two attached hydrogens (primary N) is 1. The highest BCUT2D eigenvalue weighted by molar-refractivity contribution is 7.85. The van der Waals surface area contributed by atoms with Crippen LogP contribution in [0.2, 0.25) is 0 Å². The molecule has 4 nitrogen and oxygen atoms in total. The van der Waals surface area contributed by atoms with Crippen LogP contribution >= 0.6 is 12.6 Å². The second-order valence-corrected chi connectivity index (χ2v) is 7.76. The molecule has 0 saturated heterocycles. The van der Waals surface area contributed by atoms with Crippen molar-refractivity contribution in [3.8, 4) is 5.75 Å². The van der Waals surface area contributed by atoms with Gasteiger partial charge in [-0.05, 0) is 60.7 Å². The Hall–Kier alpha value is -2.50. The van der Waals surface area contributed by atoms with Crippen LogP contribution in [0.15, 0.2) is 59.0 Å². The molecule has 0 spiro atoms. The van der Waals surface area contributed by atoms with Gasteiger partial charge in [0.25, 0.3) is 0 Å². The lowest BCUT2D eigenvalue weighted by molar-refractivity contribution is -0.136. The van der Waals surface area contributed by atoms with Gasteiger partial charge in [0.15, 0.2) is 5.60 Å². The van der Waals surface area contributed by atoms with Crippen molar-refractivity contribution in [3.63, 3.8) is 0 Å². The Morgan fingerprint density at radius 1 is 1.21 bits per heavy atom. The molecule has 0 aromatic heterocycles. The number of carboxylic acid groups (broad SMARTS) is 1. The average Bonchev–Trinajstić information content (AvgIpc) is 2.88. The monoisotopic (exact) mass is 395 g/mol. The largest absolute Gasteiger partial charge is 0.481 e. The molecule has 0 amide bonds. The normalized spacial score (nSPS) is 19.0. The van der Waals surface area contributed by atoms with Crippen LogP contribution in [-0.4, -0.2) is 16.7 Å². The van der Waals surface area contributed by atoms with E-state index in [-0.39, 0.29) is 6.42 Å². The van der Waals surface area contributed by atoms with Gasteiger partial charge in [0.2, 0.25) is 0 Å². The van der Waals surface area contributed by atoms with Gasteiger partial charge in [-0.15, -0.1) is 12.6 Å². The summed E-state index contributed by atoms with van der Waals surface area (Å²) in [6.07, 6.45) is 1.98. The second-order valence-electron chi connectivity index (χ2n) is 7.31. The molecule has 0 bridgehead atoms. The quantitative estimate of drug-likeness (QED) is 0.629. The third kappa shape index (κ3) is 3.86. The van der Waals surface area contributed by atoms with Crippen LogP contribution in [-0.2, 0) is 17.8 Å². The van der Waals surface area contributed by atoms with Crippen LogP contribution in [0.3, 0.4) is 0 Å². The van der Waals surface area contributed by atoms with E-state index in [0.717, 1.165) is 32.7 Å². The van der Waals surface area contributed by atoms with Crippen LogP contribution in [0.5, 0.6) is 5.75 Å². The van der Waals surface area contributed by atoms with E-state index in [1.807, 2.05) is 57.2 Å². The van der Waals surface area contributed by atoms with E-state index >= 15 is 0 Å². The summed E-state index contributed by atoms with van der Waals surface area (Å²) in [5, 5.41) is 9.23. The van der Waals surface area contributed by atoms with E-state index in [4.69, 9.17) is 23.1 Å². The minimum absolute atomic E-state index is 0.0918. The number of aryl methyl sites for hydroxylation is 1. The predicted octanol–water partition coefficient (Wildman–Crippen LogP) is 4.52. The maximum Gasteiger partial charge on any atom is 0.307 e. The summed E-state index contributed by atoms with van der Waals surface area (Å²) >= 11 is 4.82. The highest BCUT2D eigenvalue weighted by atomic mass is 32.1. The zero-order valence-electron chi connectivity index (χ0n) is 16.3. The molecule has 1 atom stereocenters. The van der Waals surface area contributed by atoms with Crippen molar-refractivity contribution in [1.29, 1.82) is 0 Å². The highest BCUT2D eigenvalue weighted by Crippen LogP contribution is 2.45. The van der Waals surface area contributed by atoms with Crippen molar-refractivity contribution in [2.24, 2.45) is 5.73 Å². The summed E-state index contributed by atoms with van der Waals surface area (Å²) in [6, 6.07) is 13.7. The number of carbonyl (C=O) groups is 1. The van der Waals surface area contributed by atoms with E-state index < -0.39 is 11.6 Å². The molecule has 0 aliphatic heterocycles. The maximum absolute atomic E-state index is 11.2. The van der Waals surface area contributed by atoms with Crippen LogP contribution < -0.4 is 10.5 Å². The molecular weight excluding hydrogens is 370 g/mol. The van der Waals surface area contributed by atoms with Gasteiger partial charge in [-0.2, -0.15) is 0 Å². The molecule has 1 aliphatic rings. The lowest BCUT2D eigenvalue weighted by Gasteiger charge is -2.31. The Labute approximate surface area is 171 Å². The van der Waals surface area contributed by atoms with Gasteiger partial charge < -0.3 is 15.6 Å². The lowest BCUT2D eigenvalue weighted by Crippen LogP contribution is -2.33. The highest BCUT2D eigenvalue weighted by Gasteiger charge is 2.39. The lowest BCUT2D eigenvalue weighted by atomic mass is 9.99. The minimum Gasteiger partial charge on any atom is -0.481 e. The number of hydrogen-bond acceptors (Lipinski definition) is 4. The van der Waals surface area contributed by atoms with Crippen molar-refractivity contribution in [2.45, 2.75) is 39.3 Å². The van der Waals surface area contributed by atoms with Gasteiger partial charge >= 0.3 is 5.97 Å². The van der Waals surface area contributed by atoms with Gasteiger partial charge in [0.1, 0.15) is 5.75 Å². The summed E-state index contributed by atoms with van der Waals surface area (Å²) in [4.78, 5) is 12.0. The summed E-state index contributed by atoms with van der Waals surface area (Å²) in [7, 11) is 0. The van der Waals surface area contributed by atoms with Gasteiger partial charge in [0, 0.05) is 17.0 Å². The van der Waals surface area contributed by atoms with Crippen molar-refractivity contribution in [1.82, 2.24) is 0 Å². The third-order valence-electron chi connectivity index (χ3n) is 5.17. The zero-order chi connectivity index (χ0) is 20.5. The van der Waals surface area contributed by atoms with E-state index in [2.05, 4.69) is 12.1 Å². The Morgan fingerprint density at radius 3 is 2.64 bits per heavy atom. The number of ether oxygens (including phenoxy) is 1. The van der Waals surface area contributed by atoms with E-state index in [0.29, 0.717) is 17.9 Å². The first-order valence-electron chi connectivity index (χ1n) is 9.17. The molecule has 0 saturated carbocycles. The molecule has 3 N–H and O–H groups in total. The minimum atomic E-state index is -0.890. The Morgan fingerprint density at radius 2 is 1.96 bits per heavy atom. The molecular formula is C23H25NO3S. The second kappa shape index (κ2) is 7.86. The molecule has 0 fully saturated rings. The van der Waals surface area contributed by atoms with Crippen molar-refractivity contribution < 1.29 is 14.6 Å². The Bertz CT molecular complexity index is 993. The molecule has 5 heteroatoms. The Kier molecular flexibility index (Phi) is 5.68. The van der Waals surface area contributed by atoms with Crippen LogP contribution in [0.4, 0.5) is 0 Å². The van der Waals surface area contributed by atoms with Gasteiger partial charge in [-0.3, -0.25) is 4.79 Å². The molecule has 1 aliphatic carbocycles. The summed E-state index contributed by atoms with van der Waals surface area (Å²) in [5.74, 6) is -0.320. The number of aliphatic carboxylic acids is 1. The molecule has 2 aromatic rings.